The summed E-state index contributed by atoms with van der Waals surface area (Å²) in [4.78, 5) is 17.2. The second kappa shape index (κ2) is 7.75. The number of aromatic nitrogens is 3. The first kappa shape index (κ1) is 19.6. The Labute approximate surface area is 183 Å². The molecule has 3 heterocycles. The molecule has 4 aromatic rings. The zero-order chi connectivity index (χ0) is 22.1. The van der Waals surface area contributed by atoms with Crippen LogP contribution in [-0.2, 0) is 10.0 Å². The predicted octanol–water partition coefficient (Wildman–Crippen LogP) is 3.08. The molecule has 0 aliphatic carbocycles. The summed E-state index contributed by atoms with van der Waals surface area (Å²) in [5.41, 5.74) is 2.06. The highest BCUT2D eigenvalue weighted by Gasteiger charge is 2.28. The number of carbonyl (C=O) groups excluding carboxylic acids is 1. The number of hydrogen-bond donors (Lipinski definition) is 2. The Morgan fingerprint density at radius 2 is 1.72 bits per heavy atom. The van der Waals surface area contributed by atoms with Gasteiger partial charge in [-0.15, -0.1) is 4.40 Å². The quantitative estimate of drug-likeness (QED) is 0.499. The normalized spacial score (nSPS) is 13.8. The maximum Gasteiger partial charge on any atom is 0.285 e. The summed E-state index contributed by atoms with van der Waals surface area (Å²) < 4.78 is 29.8. The molecule has 2 aromatic heterocycles. The van der Waals surface area contributed by atoms with Crippen LogP contribution >= 0.6 is 0 Å². The molecule has 1 aliphatic heterocycles. The number of nitrogens with one attached hydrogen (secondary N) is 2. The number of anilines is 2. The van der Waals surface area contributed by atoms with Gasteiger partial charge >= 0.3 is 0 Å². The number of amidine groups is 1. The minimum Gasteiger partial charge on any atom is -0.339 e. The van der Waals surface area contributed by atoms with Crippen molar-refractivity contribution in [2.75, 3.05) is 10.6 Å². The average Bonchev–Trinajstić information content (AvgIpc) is 3.42. The van der Waals surface area contributed by atoms with E-state index < -0.39 is 10.0 Å². The molecule has 158 valence electrons. The van der Waals surface area contributed by atoms with E-state index in [9.17, 15) is 13.2 Å². The second-order valence-corrected chi connectivity index (χ2v) is 8.47. The molecule has 9 nitrogen and oxygen atoms in total. The fourth-order valence-corrected chi connectivity index (χ4v) is 4.48. The molecule has 0 radical (unpaired) electrons. The lowest BCUT2D eigenvalue weighted by atomic mass is 10.1. The van der Waals surface area contributed by atoms with Crippen LogP contribution in [-0.4, -0.2) is 34.9 Å². The van der Waals surface area contributed by atoms with E-state index in [4.69, 9.17) is 0 Å². The van der Waals surface area contributed by atoms with Crippen molar-refractivity contribution in [2.24, 2.45) is 4.40 Å². The molecule has 0 bridgehead atoms. The molecule has 1 aliphatic rings. The minimum atomic E-state index is -3.71. The van der Waals surface area contributed by atoms with E-state index in [0.717, 1.165) is 0 Å². The van der Waals surface area contributed by atoms with E-state index in [1.165, 1.54) is 6.07 Å². The minimum absolute atomic E-state index is 0.169. The Morgan fingerprint density at radius 3 is 2.50 bits per heavy atom. The van der Waals surface area contributed by atoms with Gasteiger partial charge in [-0.25, -0.2) is 9.67 Å². The number of pyridine rings is 1. The largest absolute Gasteiger partial charge is 0.339 e. The van der Waals surface area contributed by atoms with Crippen molar-refractivity contribution >= 4 is 33.1 Å². The SMILES string of the molecule is O=C(Nc1cccnc1-n1cccn1)c1ccc(NC2=NS(=O)(=O)c3ccccc32)cc1. The average molecular weight is 444 g/mol. The summed E-state index contributed by atoms with van der Waals surface area (Å²) in [6, 6.07) is 18.5. The van der Waals surface area contributed by atoms with E-state index in [-0.39, 0.29) is 16.6 Å². The molecule has 2 N–H and O–H groups in total. The molecule has 1 amide bonds. The van der Waals surface area contributed by atoms with Crippen LogP contribution in [0.2, 0.25) is 0 Å². The molecule has 10 heteroatoms. The van der Waals surface area contributed by atoms with Crippen LogP contribution in [0, 0.1) is 0 Å². The van der Waals surface area contributed by atoms with Crippen molar-refractivity contribution in [3.63, 3.8) is 0 Å². The van der Waals surface area contributed by atoms with E-state index in [0.29, 0.717) is 28.3 Å². The molecule has 2 aromatic carbocycles. The highest BCUT2D eigenvalue weighted by Crippen LogP contribution is 2.27. The number of carbonyl (C=O) groups is 1. The maximum absolute atomic E-state index is 12.7. The van der Waals surface area contributed by atoms with Crippen molar-refractivity contribution in [1.82, 2.24) is 14.8 Å². The maximum atomic E-state index is 12.7. The monoisotopic (exact) mass is 444 g/mol. The van der Waals surface area contributed by atoms with Gasteiger partial charge in [0.05, 0.1) is 5.69 Å². The van der Waals surface area contributed by atoms with Crippen LogP contribution in [0.3, 0.4) is 0 Å². The molecule has 0 atom stereocenters. The van der Waals surface area contributed by atoms with Gasteiger partial charge in [0.2, 0.25) is 0 Å². The summed E-state index contributed by atoms with van der Waals surface area (Å²) in [5.74, 6) is 0.435. The first-order valence-electron chi connectivity index (χ1n) is 9.59. The zero-order valence-corrected chi connectivity index (χ0v) is 17.3. The van der Waals surface area contributed by atoms with Gasteiger partial charge in [0.25, 0.3) is 15.9 Å². The number of nitrogens with zero attached hydrogens (tertiary/aromatic N) is 4. The smallest absolute Gasteiger partial charge is 0.285 e. The lowest BCUT2D eigenvalue weighted by Crippen LogP contribution is -2.15. The Balaban J connectivity index is 1.34. The van der Waals surface area contributed by atoms with Crippen molar-refractivity contribution in [1.29, 1.82) is 0 Å². The number of fused-ring (bicyclic) bond motifs is 1. The molecule has 5 rings (SSSR count). The Bertz CT molecular complexity index is 1450. The van der Waals surface area contributed by atoms with E-state index in [1.807, 2.05) is 0 Å². The van der Waals surface area contributed by atoms with Crippen LogP contribution < -0.4 is 10.6 Å². The van der Waals surface area contributed by atoms with Gasteiger partial charge in [0.15, 0.2) is 11.7 Å². The van der Waals surface area contributed by atoms with E-state index >= 15 is 0 Å². The van der Waals surface area contributed by atoms with E-state index in [1.54, 1.807) is 83.9 Å². The summed E-state index contributed by atoms with van der Waals surface area (Å²) in [6.07, 6.45) is 4.99. The number of benzene rings is 2. The van der Waals surface area contributed by atoms with Gasteiger partial charge in [-0.3, -0.25) is 4.79 Å². The second-order valence-electron chi connectivity index (χ2n) is 6.89. The molecule has 0 fully saturated rings. The van der Waals surface area contributed by atoms with Crippen LogP contribution in [0.25, 0.3) is 5.82 Å². The van der Waals surface area contributed by atoms with Gasteiger partial charge in [0, 0.05) is 35.4 Å². The zero-order valence-electron chi connectivity index (χ0n) is 16.5. The predicted molar refractivity (Wildman–Crippen MR) is 120 cm³/mol. The third-order valence-corrected chi connectivity index (χ3v) is 6.13. The lowest BCUT2D eigenvalue weighted by molar-refractivity contribution is 0.102. The van der Waals surface area contributed by atoms with Gasteiger partial charge in [0.1, 0.15) is 4.90 Å². The van der Waals surface area contributed by atoms with Crippen LogP contribution in [0.15, 0.2) is 94.6 Å². The van der Waals surface area contributed by atoms with Crippen molar-refractivity contribution in [3.8, 4) is 5.82 Å². The van der Waals surface area contributed by atoms with Crippen molar-refractivity contribution in [2.45, 2.75) is 4.90 Å². The van der Waals surface area contributed by atoms with Crippen molar-refractivity contribution < 1.29 is 13.2 Å². The first-order chi connectivity index (χ1) is 15.5. The van der Waals surface area contributed by atoms with Gasteiger partial charge in [-0.05, 0) is 54.6 Å². The summed E-state index contributed by atoms with van der Waals surface area (Å²) >= 11 is 0. The van der Waals surface area contributed by atoms with Gasteiger partial charge < -0.3 is 10.6 Å². The highest BCUT2D eigenvalue weighted by molar-refractivity contribution is 7.90. The summed E-state index contributed by atoms with van der Waals surface area (Å²) in [5, 5.41) is 10.0. The van der Waals surface area contributed by atoms with Gasteiger partial charge in [-0.1, -0.05) is 12.1 Å². The lowest BCUT2D eigenvalue weighted by Gasteiger charge is -2.11. The fraction of sp³-hybridized carbons (Fsp3) is 0. The topological polar surface area (TPSA) is 118 Å². The number of amides is 1. The van der Waals surface area contributed by atoms with Crippen molar-refractivity contribution in [3.05, 3.63) is 96.4 Å². The molecule has 0 saturated heterocycles. The summed E-state index contributed by atoms with van der Waals surface area (Å²) in [6.45, 7) is 0. The van der Waals surface area contributed by atoms with E-state index in [2.05, 4.69) is 25.1 Å². The molecule has 32 heavy (non-hydrogen) atoms. The number of rotatable bonds is 4. The Kier molecular flexibility index (Phi) is 4.75. The molecule has 0 spiro atoms. The molecular weight excluding hydrogens is 428 g/mol. The number of sulfonamides is 1. The highest BCUT2D eigenvalue weighted by atomic mass is 32.2. The molecule has 0 saturated carbocycles. The Hall–Kier alpha value is -4.31. The first-order valence-corrected chi connectivity index (χ1v) is 11.0. The Morgan fingerprint density at radius 1 is 0.906 bits per heavy atom. The fourth-order valence-electron chi connectivity index (χ4n) is 3.30. The third-order valence-electron chi connectivity index (χ3n) is 4.80. The molecular formula is C22H16N6O3S. The van der Waals surface area contributed by atoms with Gasteiger partial charge in [-0.2, -0.15) is 13.5 Å². The standard InChI is InChI=1S/C22H16N6O3S/c29-22(26-18-6-3-12-23-21(18)28-14-4-13-24-28)15-8-10-16(11-9-15)25-20-17-5-1-2-7-19(17)32(30,31)27-20/h1-14H,(H,25,27)(H,26,29). The third kappa shape index (κ3) is 3.63. The molecule has 0 unspecified atom stereocenters. The number of hydrogen-bond acceptors (Lipinski definition) is 6. The van der Waals surface area contributed by atoms with Crippen LogP contribution in [0.5, 0.6) is 0 Å². The van der Waals surface area contributed by atoms with Crippen LogP contribution in [0.4, 0.5) is 11.4 Å². The van der Waals surface area contributed by atoms with Crippen LogP contribution in [0.1, 0.15) is 15.9 Å². The summed E-state index contributed by atoms with van der Waals surface area (Å²) in [7, 11) is -3.71.